The molecule has 1 aliphatic heterocycles. The molecule has 0 unspecified atom stereocenters. The number of rotatable bonds is 3. The Morgan fingerprint density at radius 2 is 1.77 bits per heavy atom. The third-order valence-electron chi connectivity index (χ3n) is 4.60. The number of hydrogen-bond donors (Lipinski definition) is 1. The largest absolute Gasteiger partial charge is 0.372 e. The number of benzene rings is 1. The van der Waals surface area contributed by atoms with Crippen molar-refractivity contribution >= 4 is 28.5 Å². The predicted molar refractivity (Wildman–Crippen MR) is 103 cm³/mol. The zero-order valence-electron chi connectivity index (χ0n) is 15.6. The minimum Gasteiger partial charge on any atom is -0.372 e. The minimum absolute atomic E-state index is 0.151. The van der Waals surface area contributed by atoms with Gasteiger partial charge in [-0.1, -0.05) is 17.7 Å². The molecular weight excluding hydrogens is 328 g/mol. The minimum atomic E-state index is 0.151. The molecule has 2 atom stereocenters. The quantitative estimate of drug-likeness (QED) is 0.781. The predicted octanol–water partition coefficient (Wildman–Crippen LogP) is 3.03. The van der Waals surface area contributed by atoms with Crippen molar-refractivity contribution in [1.29, 1.82) is 0 Å². The Labute approximate surface area is 153 Å². The summed E-state index contributed by atoms with van der Waals surface area (Å²) in [5.74, 6) is 1.48. The summed E-state index contributed by atoms with van der Waals surface area (Å²) in [6, 6.07) is 8.27. The molecule has 3 aromatic rings. The van der Waals surface area contributed by atoms with E-state index in [4.69, 9.17) is 14.7 Å². The van der Waals surface area contributed by atoms with E-state index in [1.54, 1.807) is 10.9 Å². The van der Waals surface area contributed by atoms with Crippen molar-refractivity contribution in [2.75, 3.05) is 23.3 Å². The number of fused-ring (bicyclic) bond motifs is 1. The first-order valence-corrected chi connectivity index (χ1v) is 8.93. The van der Waals surface area contributed by atoms with Gasteiger partial charge in [0, 0.05) is 25.8 Å². The van der Waals surface area contributed by atoms with Crippen molar-refractivity contribution in [2.24, 2.45) is 7.05 Å². The van der Waals surface area contributed by atoms with Crippen LogP contribution in [0.25, 0.3) is 11.0 Å². The van der Waals surface area contributed by atoms with Crippen molar-refractivity contribution in [2.45, 2.75) is 33.0 Å². The Hall–Kier alpha value is -2.67. The van der Waals surface area contributed by atoms with Crippen LogP contribution in [0.5, 0.6) is 0 Å². The fourth-order valence-corrected chi connectivity index (χ4v) is 3.36. The molecule has 1 fully saturated rings. The molecule has 0 amide bonds. The molecule has 136 valence electrons. The van der Waals surface area contributed by atoms with Gasteiger partial charge in [-0.3, -0.25) is 4.68 Å². The van der Waals surface area contributed by atoms with Gasteiger partial charge in [-0.15, -0.1) is 0 Å². The summed E-state index contributed by atoms with van der Waals surface area (Å²) in [7, 11) is 1.90. The molecule has 1 aromatic carbocycles. The number of hydrogen-bond acceptors (Lipinski definition) is 6. The maximum absolute atomic E-state index is 5.84. The molecule has 4 rings (SSSR count). The Morgan fingerprint density at radius 1 is 1.08 bits per heavy atom. The highest BCUT2D eigenvalue weighted by Crippen LogP contribution is 2.27. The summed E-state index contributed by atoms with van der Waals surface area (Å²) in [5.41, 5.74) is 3.03. The van der Waals surface area contributed by atoms with E-state index in [-0.39, 0.29) is 12.2 Å². The first-order chi connectivity index (χ1) is 12.5. The van der Waals surface area contributed by atoms with Crippen molar-refractivity contribution in [1.82, 2.24) is 19.7 Å². The van der Waals surface area contributed by atoms with E-state index in [2.05, 4.69) is 60.4 Å². The maximum atomic E-state index is 5.84. The van der Waals surface area contributed by atoms with Crippen LogP contribution in [-0.2, 0) is 11.8 Å². The van der Waals surface area contributed by atoms with Gasteiger partial charge in [0.25, 0.3) is 0 Å². The van der Waals surface area contributed by atoms with Crippen LogP contribution < -0.4 is 10.2 Å². The van der Waals surface area contributed by atoms with Gasteiger partial charge in [0.2, 0.25) is 5.95 Å². The van der Waals surface area contributed by atoms with Crippen molar-refractivity contribution in [3.8, 4) is 0 Å². The third-order valence-corrected chi connectivity index (χ3v) is 4.60. The second-order valence-corrected chi connectivity index (χ2v) is 7.03. The molecule has 0 radical (unpaired) electrons. The number of aromatic nitrogens is 4. The second-order valence-electron chi connectivity index (χ2n) is 7.03. The molecule has 7 heteroatoms. The number of anilines is 3. The van der Waals surface area contributed by atoms with Gasteiger partial charge in [0.05, 0.1) is 23.8 Å². The van der Waals surface area contributed by atoms with Crippen LogP contribution in [0, 0.1) is 6.92 Å². The molecule has 0 bridgehead atoms. The van der Waals surface area contributed by atoms with E-state index in [0.29, 0.717) is 5.95 Å². The zero-order valence-corrected chi connectivity index (χ0v) is 15.6. The van der Waals surface area contributed by atoms with Crippen molar-refractivity contribution < 1.29 is 4.74 Å². The van der Waals surface area contributed by atoms with Crippen LogP contribution in [0.15, 0.2) is 30.5 Å². The van der Waals surface area contributed by atoms with Crippen LogP contribution in [0.1, 0.15) is 19.4 Å². The summed E-state index contributed by atoms with van der Waals surface area (Å²) in [6.45, 7) is 7.79. The number of nitrogens with zero attached hydrogens (tertiary/aromatic N) is 5. The summed E-state index contributed by atoms with van der Waals surface area (Å²) in [5, 5.41) is 8.69. The zero-order chi connectivity index (χ0) is 18.3. The average molecular weight is 352 g/mol. The molecule has 3 heterocycles. The Bertz CT molecular complexity index is 910. The summed E-state index contributed by atoms with van der Waals surface area (Å²) in [6.07, 6.45) is 2.11. The number of nitrogens with one attached hydrogen (secondary N) is 1. The topological polar surface area (TPSA) is 68.1 Å². The van der Waals surface area contributed by atoms with Crippen LogP contribution >= 0.6 is 0 Å². The van der Waals surface area contributed by atoms with Crippen LogP contribution in [0.4, 0.5) is 17.5 Å². The van der Waals surface area contributed by atoms with Gasteiger partial charge < -0.3 is 15.0 Å². The van der Waals surface area contributed by atoms with Gasteiger partial charge in [0.15, 0.2) is 5.65 Å². The number of ether oxygens (including phenoxy) is 1. The highest BCUT2D eigenvalue weighted by atomic mass is 16.5. The van der Waals surface area contributed by atoms with Gasteiger partial charge in [-0.05, 0) is 32.9 Å². The van der Waals surface area contributed by atoms with Crippen molar-refractivity contribution in [3.63, 3.8) is 0 Å². The van der Waals surface area contributed by atoms with Crippen LogP contribution in [-0.4, -0.2) is 45.0 Å². The van der Waals surface area contributed by atoms with Crippen LogP contribution in [0.2, 0.25) is 0 Å². The lowest BCUT2D eigenvalue weighted by Gasteiger charge is -2.35. The molecule has 26 heavy (non-hydrogen) atoms. The average Bonchev–Trinajstić information content (AvgIpc) is 2.97. The first kappa shape index (κ1) is 16.8. The monoisotopic (exact) mass is 352 g/mol. The number of aryl methyl sites for hydroxylation is 2. The Kier molecular flexibility index (Phi) is 4.24. The normalized spacial score (nSPS) is 20.5. The third kappa shape index (κ3) is 3.22. The van der Waals surface area contributed by atoms with E-state index in [1.165, 1.54) is 5.56 Å². The lowest BCUT2D eigenvalue weighted by atomic mass is 10.2. The fraction of sp³-hybridized carbons (Fsp3) is 0.421. The summed E-state index contributed by atoms with van der Waals surface area (Å²) in [4.78, 5) is 11.8. The SMILES string of the molecule is Cc1ccc(Nc2nc(N3C[C@H](C)O[C@@H](C)C3)nc3c2cnn3C)cc1. The molecule has 1 N–H and O–H groups in total. The summed E-state index contributed by atoms with van der Waals surface area (Å²) < 4.78 is 7.63. The van der Waals surface area contributed by atoms with Gasteiger partial charge in [-0.2, -0.15) is 15.1 Å². The van der Waals surface area contributed by atoms with Gasteiger partial charge in [-0.25, -0.2) is 0 Å². The fourth-order valence-electron chi connectivity index (χ4n) is 3.36. The van der Waals surface area contributed by atoms with E-state index in [9.17, 15) is 0 Å². The second kappa shape index (κ2) is 6.57. The van der Waals surface area contributed by atoms with Gasteiger partial charge in [0.1, 0.15) is 5.82 Å². The molecule has 0 aliphatic carbocycles. The number of morpholine rings is 1. The smallest absolute Gasteiger partial charge is 0.229 e. The van der Waals surface area contributed by atoms with E-state index in [1.807, 2.05) is 7.05 Å². The Balaban J connectivity index is 1.75. The highest BCUT2D eigenvalue weighted by Gasteiger charge is 2.25. The molecule has 2 aromatic heterocycles. The maximum Gasteiger partial charge on any atom is 0.229 e. The van der Waals surface area contributed by atoms with E-state index >= 15 is 0 Å². The molecule has 0 spiro atoms. The summed E-state index contributed by atoms with van der Waals surface area (Å²) >= 11 is 0. The highest BCUT2D eigenvalue weighted by molar-refractivity contribution is 5.89. The standard InChI is InChI=1S/C19H24N6O/c1-12-5-7-15(8-6-12)21-17-16-9-20-24(4)18(16)23-19(22-17)25-10-13(2)26-14(3)11-25/h5-9,13-14H,10-11H2,1-4H3,(H,21,22,23)/t13-,14-/m0/s1. The molecular formula is C19H24N6O. The molecule has 7 nitrogen and oxygen atoms in total. The molecule has 0 saturated carbocycles. The van der Waals surface area contributed by atoms with E-state index in [0.717, 1.165) is 35.6 Å². The first-order valence-electron chi connectivity index (χ1n) is 8.93. The molecule has 1 saturated heterocycles. The van der Waals surface area contributed by atoms with Crippen molar-refractivity contribution in [3.05, 3.63) is 36.0 Å². The van der Waals surface area contributed by atoms with E-state index < -0.39 is 0 Å². The lowest BCUT2D eigenvalue weighted by molar-refractivity contribution is -0.00569. The molecule has 1 aliphatic rings. The Morgan fingerprint density at radius 3 is 2.46 bits per heavy atom. The van der Waals surface area contributed by atoms with Crippen LogP contribution in [0.3, 0.4) is 0 Å². The van der Waals surface area contributed by atoms with Gasteiger partial charge >= 0.3 is 0 Å². The lowest BCUT2D eigenvalue weighted by Crippen LogP contribution is -2.46.